The van der Waals surface area contributed by atoms with Crippen molar-refractivity contribution in [1.82, 2.24) is 8.87 Å². The van der Waals surface area contributed by atoms with Gasteiger partial charge in [-0.3, -0.25) is 0 Å². The second-order valence-electron chi connectivity index (χ2n) is 8.42. The minimum Gasteiger partial charge on any atom is -0.312 e. The van der Waals surface area contributed by atoms with Crippen LogP contribution in [-0.2, 0) is 16.6 Å². The van der Waals surface area contributed by atoms with Crippen molar-refractivity contribution in [2.24, 2.45) is 4.99 Å². The largest absolute Gasteiger partial charge is 0.312 e. The number of rotatable bonds is 6. The van der Waals surface area contributed by atoms with E-state index in [4.69, 9.17) is 4.99 Å². The highest BCUT2D eigenvalue weighted by Gasteiger charge is 2.26. The summed E-state index contributed by atoms with van der Waals surface area (Å²) in [6.45, 7) is 1.84. The van der Waals surface area contributed by atoms with Gasteiger partial charge in [0.2, 0.25) is 10.0 Å². The summed E-state index contributed by atoms with van der Waals surface area (Å²) in [6, 6.07) is 27.5. The van der Waals surface area contributed by atoms with E-state index in [1.54, 1.807) is 27.8 Å². The predicted molar refractivity (Wildman–Crippen MR) is 138 cm³/mol. The Morgan fingerprint density at radius 1 is 0.824 bits per heavy atom. The Morgan fingerprint density at radius 2 is 1.53 bits per heavy atom. The van der Waals surface area contributed by atoms with Crippen molar-refractivity contribution < 1.29 is 8.42 Å². The first-order valence-electron chi connectivity index (χ1n) is 11.5. The van der Waals surface area contributed by atoms with E-state index in [0.717, 1.165) is 46.6 Å². The van der Waals surface area contributed by atoms with Gasteiger partial charge < -0.3 is 4.57 Å². The molecule has 0 saturated carbocycles. The molecule has 2 heterocycles. The summed E-state index contributed by atoms with van der Waals surface area (Å²) >= 11 is 1.56. The maximum absolute atomic E-state index is 13.3. The van der Waals surface area contributed by atoms with Gasteiger partial charge in [0.05, 0.1) is 22.8 Å². The molecule has 5 rings (SSSR count). The van der Waals surface area contributed by atoms with E-state index in [9.17, 15) is 8.42 Å². The predicted octanol–water partition coefficient (Wildman–Crippen LogP) is 5.67. The minimum absolute atomic E-state index is 0.353. The molecule has 0 spiro atoms. The van der Waals surface area contributed by atoms with E-state index in [2.05, 4.69) is 22.1 Å². The van der Waals surface area contributed by atoms with Gasteiger partial charge in [0.1, 0.15) is 0 Å². The highest BCUT2D eigenvalue weighted by Crippen LogP contribution is 2.27. The first-order chi connectivity index (χ1) is 16.6. The van der Waals surface area contributed by atoms with Crippen LogP contribution in [0.15, 0.2) is 100 Å². The molecule has 7 heteroatoms. The molecule has 0 unspecified atom stereocenters. The molecule has 34 heavy (non-hydrogen) atoms. The van der Waals surface area contributed by atoms with E-state index in [0.29, 0.717) is 24.5 Å². The van der Waals surface area contributed by atoms with Crippen molar-refractivity contribution in [2.45, 2.75) is 30.7 Å². The molecule has 1 aromatic heterocycles. The quantitative estimate of drug-likeness (QED) is 0.350. The summed E-state index contributed by atoms with van der Waals surface area (Å²) in [5, 5.41) is 2.07. The number of nitrogens with zero attached hydrogens (tertiary/aromatic N) is 3. The lowest BCUT2D eigenvalue weighted by atomic mass is 10.1. The zero-order chi connectivity index (χ0) is 23.4. The molecule has 0 bridgehead atoms. The summed E-state index contributed by atoms with van der Waals surface area (Å²) in [6.07, 6.45) is 2.93. The van der Waals surface area contributed by atoms with Crippen LogP contribution in [0.4, 0.5) is 5.69 Å². The zero-order valence-electron chi connectivity index (χ0n) is 18.9. The van der Waals surface area contributed by atoms with E-state index in [1.165, 1.54) is 0 Å². The number of para-hydroxylation sites is 1. The van der Waals surface area contributed by atoms with Crippen LogP contribution < -0.4 is 4.80 Å². The Morgan fingerprint density at radius 3 is 2.26 bits per heavy atom. The summed E-state index contributed by atoms with van der Waals surface area (Å²) in [5.74, 6) is 0. The summed E-state index contributed by atoms with van der Waals surface area (Å²) in [7, 11) is -3.50. The van der Waals surface area contributed by atoms with Crippen LogP contribution in [0.25, 0.3) is 11.3 Å². The normalized spacial score (nSPS) is 15.5. The molecule has 4 aromatic rings. The number of hydrogen-bond acceptors (Lipinski definition) is 4. The van der Waals surface area contributed by atoms with Gasteiger partial charge in [0.25, 0.3) is 0 Å². The van der Waals surface area contributed by atoms with Crippen molar-refractivity contribution in [1.29, 1.82) is 0 Å². The summed E-state index contributed by atoms with van der Waals surface area (Å²) in [4.78, 5) is 6.11. The first kappa shape index (κ1) is 22.8. The maximum Gasteiger partial charge on any atom is 0.243 e. The van der Waals surface area contributed by atoms with Gasteiger partial charge in [-0.2, -0.15) is 4.31 Å². The standard InChI is InChI=1S/C27H27N3O2S2/c31-34(32,29-17-8-3-9-18-29)25-16-10-13-23(19-25)26-21-33-27(28-24-14-6-2-7-15-24)30(26)20-22-11-4-1-5-12-22/h1-2,4-7,10-16,19,21H,3,8-9,17-18,20H2. The van der Waals surface area contributed by atoms with Crippen LogP contribution in [0, 0.1) is 0 Å². The number of thiazole rings is 1. The zero-order valence-corrected chi connectivity index (χ0v) is 20.5. The smallest absolute Gasteiger partial charge is 0.243 e. The van der Waals surface area contributed by atoms with E-state index in [1.807, 2.05) is 60.7 Å². The fourth-order valence-electron chi connectivity index (χ4n) is 4.25. The molecule has 5 nitrogen and oxygen atoms in total. The van der Waals surface area contributed by atoms with Crippen molar-refractivity contribution in [2.75, 3.05) is 13.1 Å². The average molecular weight is 490 g/mol. The molecule has 0 aliphatic carbocycles. The van der Waals surface area contributed by atoms with Gasteiger partial charge in [-0.25, -0.2) is 13.4 Å². The molecular formula is C27H27N3O2S2. The Kier molecular flexibility index (Phi) is 6.76. The SMILES string of the molecule is O=S(=O)(c1cccc(-c2csc(=Nc3ccccc3)n2Cc2ccccc2)c1)N1CCCCC1. The van der Waals surface area contributed by atoms with Crippen LogP contribution in [0.5, 0.6) is 0 Å². The topological polar surface area (TPSA) is 54.7 Å². The van der Waals surface area contributed by atoms with E-state index >= 15 is 0 Å². The van der Waals surface area contributed by atoms with Crippen LogP contribution >= 0.6 is 11.3 Å². The third-order valence-corrected chi connectivity index (χ3v) is 8.80. The van der Waals surface area contributed by atoms with Crippen LogP contribution in [0.1, 0.15) is 24.8 Å². The molecule has 1 saturated heterocycles. The molecule has 1 fully saturated rings. The molecule has 174 valence electrons. The van der Waals surface area contributed by atoms with Gasteiger partial charge in [0, 0.05) is 24.0 Å². The van der Waals surface area contributed by atoms with E-state index < -0.39 is 10.0 Å². The lowest BCUT2D eigenvalue weighted by Crippen LogP contribution is -2.35. The Labute approximate surface area is 204 Å². The second kappa shape index (κ2) is 10.1. The van der Waals surface area contributed by atoms with Crippen LogP contribution in [-0.4, -0.2) is 30.4 Å². The van der Waals surface area contributed by atoms with Crippen molar-refractivity contribution in [3.05, 3.63) is 101 Å². The molecule has 1 aliphatic rings. The number of sulfonamides is 1. The number of hydrogen-bond donors (Lipinski definition) is 0. The minimum atomic E-state index is -3.50. The Balaban J connectivity index is 1.59. The Bertz CT molecular complexity index is 1420. The molecule has 1 aliphatic heterocycles. The average Bonchev–Trinajstić information content (AvgIpc) is 3.27. The lowest BCUT2D eigenvalue weighted by molar-refractivity contribution is 0.346. The van der Waals surface area contributed by atoms with Crippen LogP contribution in [0.2, 0.25) is 0 Å². The van der Waals surface area contributed by atoms with E-state index in [-0.39, 0.29) is 0 Å². The molecule has 0 atom stereocenters. The van der Waals surface area contributed by atoms with Gasteiger partial charge in [0.15, 0.2) is 4.80 Å². The van der Waals surface area contributed by atoms with Crippen molar-refractivity contribution >= 4 is 27.0 Å². The third-order valence-electron chi connectivity index (χ3n) is 6.04. The number of piperidine rings is 1. The first-order valence-corrected chi connectivity index (χ1v) is 13.9. The summed E-state index contributed by atoms with van der Waals surface area (Å²) < 4.78 is 30.4. The molecule has 0 radical (unpaired) electrons. The molecule has 3 aromatic carbocycles. The number of benzene rings is 3. The van der Waals surface area contributed by atoms with Gasteiger partial charge in [-0.15, -0.1) is 11.3 Å². The highest BCUT2D eigenvalue weighted by molar-refractivity contribution is 7.89. The monoisotopic (exact) mass is 489 g/mol. The second-order valence-corrected chi connectivity index (χ2v) is 11.2. The highest BCUT2D eigenvalue weighted by atomic mass is 32.2. The fourth-order valence-corrected chi connectivity index (χ4v) is 6.74. The Hall–Kier alpha value is -3.00. The lowest BCUT2D eigenvalue weighted by Gasteiger charge is -2.26. The molecule has 0 amide bonds. The third kappa shape index (κ3) is 4.92. The molecular weight excluding hydrogens is 462 g/mol. The van der Waals surface area contributed by atoms with Crippen molar-refractivity contribution in [3.8, 4) is 11.3 Å². The number of aromatic nitrogens is 1. The van der Waals surface area contributed by atoms with Gasteiger partial charge in [-0.1, -0.05) is 67.1 Å². The molecule has 0 N–H and O–H groups in total. The van der Waals surface area contributed by atoms with Crippen LogP contribution in [0.3, 0.4) is 0 Å². The van der Waals surface area contributed by atoms with Gasteiger partial charge in [-0.05, 0) is 42.7 Å². The summed E-state index contributed by atoms with van der Waals surface area (Å²) in [5.41, 5.74) is 3.88. The maximum atomic E-state index is 13.3. The fraction of sp³-hybridized carbons (Fsp3) is 0.222. The van der Waals surface area contributed by atoms with Crippen molar-refractivity contribution in [3.63, 3.8) is 0 Å². The van der Waals surface area contributed by atoms with Gasteiger partial charge >= 0.3 is 0 Å².